The van der Waals surface area contributed by atoms with E-state index in [9.17, 15) is 31.5 Å². The number of phenolic OH excluding ortho intramolecular Hbond substituents is 1. The summed E-state index contributed by atoms with van der Waals surface area (Å²) in [4.78, 5) is 11.9. The molecule has 2 N–H and O–H groups in total. The number of rotatable bonds is 4. The number of halogens is 4. The van der Waals surface area contributed by atoms with Gasteiger partial charge < -0.3 is 15.2 Å². The zero-order valence-corrected chi connectivity index (χ0v) is 18.9. The van der Waals surface area contributed by atoms with Crippen LogP contribution in [0.5, 0.6) is 11.5 Å². The molecule has 0 aromatic heterocycles. The standard InChI is InChI=1S/C20H21ClF3NO5S/c1-10-13(21)9-12(19(2,3)4)17(26)16(10)18(27)25-14-7-6-11(8-15(14)30-5)31(28,29)20(22,23)24/h6-9,26H,1-5H3,(H,25,27). The van der Waals surface area contributed by atoms with Crippen LogP contribution in [0, 0.1) is 6.92 Å². The molecule has 31 heavy (non-hydrogen) atoms. The monoisotopic (exact) mass is 479 g/mol. The third-order valence-electron chi connectivity index (χ3n) is 4.57. The summed E-state index contributed by atoms with van der Waals surface area (Å²) in [5.41, 5.74) is -5.53. The Kier molecular flexibility index (Phi) is 6.59. The van der Waals surface area contributed by atoms with Gasteiger partial charge in [0.05, 0.1) is 23.3 Å². The number of benzene rings is 2. The van der Waals surface area contributed by atoms with Crippen LogP contribution in [0.25, 0.3) is 0 Å². The first-order chi connectivity index (χ1) is 14.0. The van der Waals surface area contributed by atoms with Crippen LogP contribution in [0.4, 0.5) is 18.9 Å². The number of carbonyl (C=O) groups excluding carboxylic acids is 1. The van der Waals surface area contributed by atoms with Crippen molar-refractivity contribution in [3.05, 3.63) is 46.0 Å². The first-order valence-electron chi connectivity index (χ1n) is 8.85. The first kappa shape index (κ1) is 24.8. The van der Waals surface area contributed by atoms with E-state index < -0.39 is 31.6 Å². The molecule has 0 fully saturated rings. The molecule has 0 spiro atoms. The molecule has 6 nitrogen and oxygen atoms in total. The molecular formula is C20H21ClF3NO5S. The fraction of sp³-hybridized carbons (Fsp3) is 0.350. The maximum atomic E-state index is 12.9. The molecule has 0 heterocycles. The number of amides is 1. The molecule has 2 rings (SSSR count). The van der Waals surface area contributed by atoms with E-state index in [0.29, 0.717) is 23.3 Å². The van der Waals surface area contributed by atoms with E-state index in [2.05, 4.69) is 5.32 Å². The number of alkyl halides is 3. The number of phenols is 1. The minimum Gasteiger partial charge on any atom is -0.507 e. The maximum Gasteiger partial charge on any atom is 0.501 e. The number of sulfone groups is 1. The highest BCUT2D eigenvalue weighted by Crippen LogP contribution is 2.40. The second-order valence-electron chi connectivity index (χ2n) is 7.77. The van der Waals surface area contributed by atoms with Crippen LogP contribution < -0.4 is 10.1 Å². The lowest BCUT2D eigenvalue weighted by Crippen LogP contribution is -2.23. The van der Waals surface area contributed by atoms with E-state index in [0.717, 1.165) is 13.2 Å². The fourth-order valence-electron chi connectivity index (χ4n) is 2.84. The van der Waals surface area contributed by atoms with E-state index in [1.807, 2.05) is 20.8 Å². The van der Waals surface area contributed by atoms with Gasteiger partial charge >= 0.3 is 5.51 Å². The van der Waals surface area contributed by atoms with Gasteiger partial charge in [0.2, 0.25) is 0 Å². The van der Waals surface area contributed by atoms with Crippen LogP contribution in [0.1, 0.15) is 42.3 Å². The molecule has 2 aromatic carbocycles. The third kappa shape index (κ3) is 4.74. The number of nitrogens with one attached hydrogen (secondary N) is 1. The summed E-state index contributed by atoms with van der Waals surface area (Å²) in [6.07, 6.45) is 0. The summed E-state index contributed by atoms with van der Waals surface area (Å²) in [6.45, 7) is 6.98. The van der Waals surface area contributed by atoms with Crippen LogP contribution in [0.2, 0.25) is 5.02 Å². The molecule has 0 aliphatic rings. The molecule has 0 radical (unpaired) electrons. The van der Waals surface area contributed by atoms with Crippen molar-refractivity contribution in [1.29, 1.82) is 0 Å². The second-order valence-corrected chi connectivity index (χ2v) is 10.1. The van der Waals surface area contributed by atoms with Crippen LogP contribution in [0.3, 0.4) is 0 Å². The van der Waals surface area contributed by atoms with Crippen molar-refractivity contribution in [3.63, 3.8) is 0 Å². The van der Waals surface area contributed by atoms with Crippen molar-refractivity contribution in [2.24, 2.45) is 0 Å². The Balaban J connectivity index is 2.54. The molecule has 0 saturated carbocycles. The van der Waals surface area contributed by atoms with Gasteiger partial charge in [0.25, 0.3) is 15.7 Å². The minimum atomic E-state index is -5.60. The van der Waals surface area contributed by atoms with Crippen molar-refractivity contribution in [3.8, 4) is 11.5 Å². The predicted molar refractivity (Wildman–Crippen MR) is 111 cm³/mol. The van der Waals surface area contributed by atoms with Gasteiger partial charge in [-0.3, -0.25) is 4.79 Å². The molecule has 0 aliphatic carbocycles. The number of ether oxygens (including phenoxy) is 1. The zero-order valence-electron chi connectivity index (χ0n) is 17.3. The van der Waals surface area contributed by atoms with Crippen LogP contribution in [0.15, 0.2) is 29.2 Å². The van der Waals surface area contributed by atoms with Gasteiger partial charge in [-0.05, 0) is 36.1 Å². The lowest BCUT2D eigenvalue weighted by Gasteiger charge is -2.23. The van der Waals surface area contributed by atoms with Crippen molar-refractivity contribution in [2.45, 2.75) is 43.5 Å². The summed E-state index contributed by atoms with van der Waals surface area (Å²) in [5.74, 6) is -1.40. The highest BCUT2D eigenvalue weighted by molar-refractivity contribution is 7.92. The molecule has 1 amide bonds. The largest absolute Gasteiger partial charge is 0.507 e. The molecule has 0 unspecified atom stereocenters. The van der Waals surface area contributed by atoms with Gasteiger partial charge in [-0.2, -0.15) is 13.2 Å². The highest BCUT2D eigenvalue weighted by Gasteiger charge is 2.47. The number of anilines is 1. The molecule has 0 aliphatic heterocycles. The predicted octanol–water partition coefficient (Wildman–Crippen LogP) is 5.21. The number of hydrogen-bond donors (Lipinski definition) is 2. The minimum absolute atomic E-state index is 0.0929. The van der Waals surface area contributed by atoms with Crippen molar-refractivity contribution in [1.82, 2.24) is 0 Å². The summed E-state index contributed by atoms with van der Waals surface area (Å²) in [5, 5.41) is 13.4. The normalized spacial score (nSPS) is 12.5. The maximum absolute atomic E-state index is 12.9. The molecule has 0 saturated heterocycles. The van der Waals surface area contributed by atoms with Gasteiger partial charge in [0, 0.05) is 16.7 Å². The smallest absolute Gasteiger partial charge is 0.501 e. The number of methoxy groups -OCH3 is 1. The number of hydrogen-bond acceptors (Lipinski definition) is 5. The first-order valence-corrected chi connectivity index (χ1v) is 10.7. The van der Waals surface area contributed by atoms with Gasteiger partial charge in [-0.15, -0.1) is 0 Å². The molecule has 11 heteroatoms. The topological polar surface area (TPSA) is 92.7 Å². The van der Waals surface area contributed by atoms with Gasteiger partial charge in [-0.25, -0.2) is 8.42 Å². The van der Waals surface area contributed by atoms with Crippen molar-refractivity contribution in [2.75, 3.05) is 12.4 Å². The summed E-state index contributed by atoms with van der Waals surface area (Å²) in [7, 11) is -4.49. The highest BCUT2D eigenvalue weighted by atomic mass is 35.5. The van der Waals surface area contributed by atoms with Gasteiger partial charge in [0.1, 0.15) is 11.5 Å². The zero-order chi connectivity index (χ0) is 23.9. The third-order valence-corrected chi connectivity index (χ3v) is 6.44. The SMILES string of the molecule is COc1cc(S(=O)(=O)C(F)(F)F)ccc1NC(=O)c1c(C)c(Cl)cc(C(C)(C)C)c1O. The lowest BCUT2D eigenvalue weighted by molar-refractivity contribution is -0.0436. The average molecular weight is 480 g/mol. The van der Waals surface area contributed by atoms with Crippen LogP contribution in [-0.2, 0) is 15.3 Å². The second kappa shape index (κ2) is 8.23. The van der Waals surface area contributed by atoms with Gasteiger partial charge in [-0.1, -0.05) is 32.4 Å². The molecule has 170 valence electrons. The van der Waals surface area contributed by atoms with E-state index in [4.69, 9.17) is 16.3 Å². The van der Waals surface area contributed by atoms with Crippen molar-refractivity contribution < 1.29 is 36.2 Å². The molecule has 2 aromatic rings. The van der Waals surface area contributed by atoms with Crippen LogP contribution >= 0.6 is 11.6 Å². The Hall–Kier alpha value is -2.46. The Labute approximate surface area is 182 Å². The average Bonchev–Trinajstić information content (AvgIpc) is 2.63. The number of carbonyl (C=O) groups is 1. The fourth-order valence-corrected chi connectivity index (χ4v) is 3.83. The van der Waals surface area contributed by atoms with E-state index >= 15 is 0 Å². The van der Waals surface area contributed by atoms with E-state index in [1.54, 1.807) is 6.07 Å². The Morgan fingerprint density at radius 2 is 1.74 bits per heavy atom. The molecular weight excluding hydrogens is 459 g/mol. The van der Waals surface area contributed by atoms with Gasteiger partial charge in [0.15, 0.2) is 0 Å². The Morgan fingerprint density at radius 1 is 1.16 bits per heavy atom. The lowest BCUT2D eigenvalue weighted by atomic mass is 9.84. The van der Waals surface area contributed by atoms with Crippen LogP contribution in [-0.4, -0.2) is 32.0 Å². The Morgan fingerprint density at radius 3 is 2.23 bits per heavy atom. The van der Waals surface area contributed by atoms with E-state index in [-0.39, 0.29) is 27.8 Å². The quantitative estimate of drug-likeness (QED) is 0.628. The summed E-state index contributed by atoms with van der Waals surface area (Å²) in [6, 6.07) is 3.88. The summed E-state index contributed by atoms with van der Waals surface area (Å²) >= 11 is 6.23. The number of aromatic hydroxyl groups is 1. The Bertz CT molecular complexity index is 1140. The molecule has 0 bridgehead atoms. The van der Waals surface area contributed by atoms with Crippen molar-refractivity contribution >= 4 is 33.0 Å². The molecule has 0 atom stereocenters. The van der Waals surface area contributed by atoms with E-state index in [1.165, 1.54) is 6.92 Å². The summed E-state index contributed by atoms with van der Waals surface area (Å²) < 4.78 is 66.6.